The van der Waals surface area contributed by atoms with Crippen LogP contribution in [0.2, 0.25) is 0 Å². The fourth-order valence-electron chi connectivity index (χ4n) is 1.43. The van der Waals surface area contributed by atoms with Crippen LogP contribution in [0.1, 0.15) is 47.0 Å². The van der Waals surface area contributed by atoms with Crippen LogP contribution in [0.25, 0.3) is 0 Å². The first-order valence-corrected chi connectivity index (χ1v) is 6.44. The van der Waals surface area contributed by atoms with Crippen molar-refractivity contribution in [3.63, 3.8) is 0 Å². The molecule has 0 aromatic heterocycles. The summed E-state index contributed by atoms with van der Waals surface area (Å²) in [5, 5.41) is 6.94. The van der Waals surface area contributed by atoms with Crippen LogP contribution >= 0.6 is 0 Å². The fraction of sp³-hybridized carbons (Fsp3) is 1.00. The Labute approximate surface area is 101 Å². The van der Waals surface area contributed by atoms with E-state index >= 15 is 0 Å². The van der Waals surface area contributed by atoms with Crippen molar-refractivity contribution in [1.29, 1.82) is 0 Å². The molecule has 0 aliphatic rings. The van der Waals surface area contributed by atoms with Crippen molar-refractivity contribution in [3.05, 3.63) is 0 Å². The van der Waals surface area contributed by atoms with Crippen LogP contribution in [-0.4, -0.2) is 38.4 Å². The second kappa shape index (κ2) is 8.97. The van der Waals surface area contributed by atoms with E-state index in [4.69, 9.17) is 4.74 Å². The van der Waals surface area contributed by atoms with Crippen molar-refractivity contribution in [2.24, 2.45) is 0 Å². The maximum absolute atomic E-state index is 5.19. The highest BCUT2D eigenvalue weighted by Gasteiger charge is 2.06. The number of methoxy groups -OCH3 is 1. The Morgan fingerprint density at radius 2 is 1.69 bits per heavy atom. The molecule has 0 rings (SSSR count). The molecule has 1 unspecified atom stereocenters. The van der Waals surface area contributed by atoms with E-state index in [0.717, 1.165) is 26.1 Å². The van der Waals surface area contributed by atoms with Crippen molar-refractivity contribution in [2.75, 3.05) is 26.7 Å². The van der Waals surface area contributed by atoms with Crippen LogP contribution in [0.4, 0.5) is 0 Å². The molecule has 3 nitrogen and oxygen atoms in total. The van der Waals surface area contributed by atoms with Crippen molar-refractivity contribution in [2.45, 2.75) is 58.6 Å². The van der Waals surface area contributed by atoms with Gasteiger partial charge >= 0.3 is 0 Å². The summed E-state index contributed by atoms with van der Waals surface area (Å²) in [6.07, 6.45) is 3.92. The molecule has 0 aromatic carbocycles. The number of rotatable bonds is 9. The van der Waals surface area contributed by atoms with E-state index in [0.29, 0.717) is 6.10 Å². The van der Waals surface area contributed by atoms with Crippen molar-refractivity contribution in [1.82, 2.24) is 10.6 Å². The summed E-state index contributed by atoms with van der Waals surface area (Å²) in [7, 11) is 1.77. The maximum Gasteiger partial charge on any atom is 0.0543 e. The van der Waals surface area contributed by atoms with Gasteiger partial charge in [0.2, 0.25) is 0 Å². The van der Waals surface area contributed by atoms with Gasteiger partial charge in [0.25, 0.3) is 0 Å². The standard InChI is InChI=1S/C13H30N2O/c1-12(16-5)8-6-9-14-10-7-11-15-13(2,3)4/h12,14-15H,6-11H2,1-5H3. The van der Waals surface area contributed by atoms with Crippen LogP contribution in [0, 0.1) is 0 Å². The van der Waals surface area contributed by atoms with Crippen LogP contribution in [0.3, 0.4) is 0 Å². The molecule has 3 heteroatoms. The Morgan fingerprint density at radius 3 is 2.25 bits per heavy atom. The molecule has 1 atom stereocenters. The summed E-state index contributed by atoms with van der Waals surface area (Å²) in [5.41, 5.74) is 0.244. The Hall–Kier alpha value is -0.120. The van der Waals surface area contributed by atoms with E-state index in [2.05, 4.69) is 38.3 Å². The lowest BCUT2D eigenvalue weighted by Gasteiger charge is -2.20. The quantitative estimate of drug-likeness (QED) is 0.596. The first-order valence-electron chi connectivity index (χ1n) is 6.44. The smallest absolute Gasteiger partial charge is 0.0543 e. The zero-order valence-corrected chi connectivity index (χ0v) is 11.7. The predicted molar refractivity (Wildman–Crippen MR) is 70.9 cm³/mol. The Bertz CT molecular complexity index is 155. The first kappa shape index (κ1) is 15.9. The third-order valence-electron chi connectivity index (χ3n) is 2.55. The molecule has 0 amide bonds. The highest BCUT2D eigenvalue weighted by Crippen LogP contribution is 1.99. The van der Waals surface area contributed by atoms with Crippen LogP contribution < -0.4 is 10.6 Å². The van der Waals surface area contributed by atoms with Crippen LogP contribution in [-0.2, 0) is 4.74 Å². The van der Waals surface area contributed by atoms with Crippen LogP contribution in [0.5, 0.6) is 0 Å². The third-order valence-corrected chi connectivity index (χ3v) is 2.55. The molecule has 0 spiro atoms. The minimum atomic E-state index is 0.244. The number of hydrogen-bond donors (Lipinski definition) is 2. The molecule has 0 saturated carbocycles. The summed E-state index contributed by atoms with van der Waals surface area (Å²) in [5.74, 6) is 0. The summed E-state index contributed by atoms with van der Waals surface area (Å²) in [6, 6.07) is 0. The van der Waals surface area contributed by atoms with Gasteiger partial charge in [-0.25, -0.2) is 0 Å². The van der Waals surface area contributed by atoms with Gasteiger partial charge in [-0.05, 0) is 66.6 Å². The average Bonchev–Trinajstić information content (AvgIpc) is 2.20. The van der Waals surface area contributed by atoms with Crippen LogP contribution in [0.15, 0.2) is 0 Å². The van der Waals surface area contributed by atoms with E-state index in [-0.39, 0.29) is 5.54 Å². The van der Waals surface area contributed by atoms with Gasteiger partial charge in [-0.2, -0.15) is 0 Å². The maximum atomic E-state index is 5.19. The first-order chi connectivity index (χ1) is 7.45. The normalized spacial score (nSPS) is 14.1. The summed E-state index contributed by atoms with van der Waals surface area (Å²) >= 11 is 0. The zero-order chi connectivity index (χ0) is 12.4. The molecule has 16 heavy (non-hydrogen) atoms. The highest BCUT2D eigenvalue weighted by atomic mass is 16.5. The van der Waals surface area contributed by atoms with Gasteiger partial charge in [0.1, 0.15) is 0 Å². The van der Waals surface area contributed by atoms with Gasteiger partial charge in [-0.1, -0.05) is 0 Å². The average molecular weight is 230 g/mol. The lowest BCUT2D eigenvalue weighted by Crippen LogP contribution is -2.37. The summed E-state index contributed by atoms with van der Waals surface area (Å²) < 4.78 is 5.19. The predicted octanol–water partition coefficient (Wildman–Crippen LogP) is 2.17. The molecule has 0 fully saturated rings. The second-order valence-electron chi connectivity index (χ2n) is 5.47. The fourth-order valence-corrected chi connectivity index (χ4v) is 1.43. The van der Waals surface area contributed by atoms with Gasteiger partial charge in [0.15, 0.2) is 0 Å². The largest absolute Gasteiger partial charge is 0.382 e. The minimum absolute atomic E-state index is 0.244. The Balaban J connectivity index is 3.10. The van der Waals surface area contributed by atoms with E-state index in [1.165, 1.54) is 12.8 Å². The molecular formula is C13H30N2O. The van der Waals surface area contributed by atoms with Gasteiger partial charge in [-0.3, -0.25) is 0 Å². The molecule has 0 saturated heterocycles. The minimum Gasteiger partial charge on any atom is -0.382 e. The summed E-state index contributed by atoms with van der Waals surface area (Å²) in [4.78, 5) is 0. The summed E-state index contributed by atoms with van der Waals surface area (Å²) in [6.45, 7) is 12.0. The molecule has 98 valence electrons. The molecule has 2 N–H and O–H groups in total. The Kier molecular flexibility index (Phi) is 8.90. The second-order valence-corrected chi connectivity index (χ2v) is 5.47. The van der Waals surface area contributed by atoms with Crippen molar-refractivity contribution < 1.29 is 4.74 Å². The monoisotopic (exact) mass is 230 g/mol. The SMILES string of the molecule is COC(C)CCCNCCCNC(C)(C)C. The number of hydrogen-bond acceptors (Lipinski definition) is 3. The Morgan fingerprint density at radius 1 is 1.06 bits per heavy atom. The van der Waals surface area contributed by atoms with Gasteiger partial charge in [0.05, 0.1) is 6.10 Å². The number of ether oxygens (including phenoxy) is 1. The molecule has 0 heterocycles. The topological polar surface area (TPSA) is 33.3 Å². The zero-order valence-electron chi connectivity index (χ0n) is 11.7. The van der Waals surface area contributed by atoms with Crippen molar-refractivity contribution in [3.8, 4) is 0 Å². The van der Waals surface area contributed by atoms with E-state index in [1.54, 1.807) is 7.11 Å². The molecule has 0 aromatic rings. The molecule has 0 aliphatic heterocycles. The molecule has 0 aliphatic carbocycles. The van der Waals surface area contributed by atoms with E-state index < -0.39 is 0 Å². The van der Waals surface area contributed by atoms with Gasteiger partial charge < -0.3 is 15.4 Å². The highest BCUT2D eigenvalue weighted by molar-refractivity contribution is 4.69. The van der Waals surface area contributed by atoms with E-state index in [1.807, 2.05) is 0 Å². The van der Waals surface area contributed by atoms with Crippen molar-refractivity contribution >= 4 is 0 Å². The van der Waals surface area contributed by atoms with Gasteiger partial charge in [-0.15, -0.1) is 0 Å². The molecule has 0 radical (unpaired) electrons. The third kappa shape index (κ3) is 12.0. The molecule has 0 bridgehead atoms. The molecular weight excluding hydrogens is 200 g/mol. The lowest BCUT2D eigenvalue weighted by molar-refractivity contribution is 0.109. The number of nitrogens with one attached hydrogen (secondary N) is 2. The van der Waals surface area contributed by atoms with E-state index in [9.17, 15) is 0 Å². The van der Waals surface area contributed by atoms with Gasteiger partial charge in [0, 0.05) is 12.6 Å². The lowest BCUT2D eigenvalue weighted by atomic mass is 10.1.